The number of hydrogen-bond acceptors (Lipinski definition) is 2. The minimum absolute atomic E-state index is 0.149. The van der Waals surface area contributed by atoms with Gasteiger partial charge in [-0.05, 0) is 30.7 Å². The molecule has 0 aliphatic heterocycles. The predicted octanol–water partition coefficient (Wildman–Crippen LogP) is 4.07. The average Bonchev–Trinajstić information content (AvgIpc) is 2.81. The van der Waals surface area contributed by atoms with Crippen LogP contribution in [-0.2, 0) is 12.8 Å². The maximum absolute atomic E-state index is 6.35. The van der Waals surface area contributed by atoms with Gasteiger partial charge in [0.2, 0.25) is 0 Å². The van der Waals surface area contributed by atoms with Gasteiger partial charge >= 0.3 is 0 Å². The minimum Gasteiger partial charge on any atom is -0.465 e. The fourth-order valence-electron chi connectivity index (χ4n) is 1.76. The van der Waals surface area contributed by atoms with Crippen molar-refractivity contribution in [3.63, 3.8) is 0 Å². The van der Waals surface area contributed by atoms with E-state index in [2.05, 4.69) is 11.9 Å². The number of alkyl halides is 1. The van der Waals surface area contributed by atoms with Crippen molar-refractivity contribution < 1.29 is 4.42 Å². The molecular formula is C14H16ClNO. The number of nitrogens with zero attached hydrogens (tertiary/aromatic N) is 1. The summed E-state index contributed by atoms with van der Waals surface area (Å²) in [7, 11) is 0. The van der Waals surface area contributed by atoms with Gasteiger partial charge in [-0.2, -0.15) is 0 Å². The standard InChI is InChI=1S/C14H16ClNO/c1-3-11-6-7-14(17-11)12(15)9-13-10(2)5-4-8-16-13/h4-8,12H,3,9H2,1-2H3. The first kappa shape index (κ1) is 12.2. The molecule has 0 amide bonds. The Bertz CT molecular complexity index is 492. The molecule has 1 atom stereocenters. The molecule has 2 heterocycles. The normalized spacial score (nSPS) is 12.6. The Hall–Kier alpha value is -1.28. The van der Waals surface area contributed by atoms with Gasteiger partial charge in [0.1, 0.15) is 11.5 Å². The van der Waals surface area contributed by atoms with Crippen molar-refractivity contribution in [2.75, 3.05) is 0 Å². The van der Waals surface area contributed by atoms with Gasteiger partial charge in [-0.15, -0.1) is 11.6 Å². The van der Waals surface area contributed by atoms with Gasteiger partial charge < -0.3 is 4.42 Å². The molecule has 0 N–H and O–H groups in total. The van der Waals surface area contributed by atoms with E-state index in [-0.39, 0.29) is 5.38 Å². The summed E-state index contributed by atoms with van der Waals surface area (Å²) < 4.78 is 5.65. The molecule has 0 bridgehead atoms. The summed E-state index contributed by atoms with van der Waals surface area (Å²) >= 11 is 6.35. The number of aromatic nitrogens is 1. The molecule has 0 fully saturated rings. The molecule has 0 saturated carbocycles. The van der Waals surface area contributed by atoms with Crippen molar-refractivity contribution in [3.8, 4) is 0 Å². The second-order valence-corrected chi connectivity index (χ2v) is 4.62. The van der Waals surface area contributed by atoms with Gasteiger partial charge in [-0.3, -0.25) is 4.98 Å². The van der Waals surface area contributed by atoms with Crippen LogP contribution in [0.1, 0.15) is 35.1 Å². The summed E-state index contributed by atoms with van der Waals surface area (Å²) in [6, 6.07) is 7.92. The van der Waals surface area contributed by atoms with Crippen molar-refractivity contribution in [3.05, 3.63) is 53.2 Å². The van der Waals surface area contributed by atoms with Crippen LogP contribution >= 0.6 is 11.6 Å². The zero-order valence-corrected chi connectivity index (χ0v) is 10.9. The highest BCUT2D eigenvalue weighted by atomic mass is 35.5. The van der Waals surface area contributed by atoms with Crippen LogP contribution in [0.5, 0.6) is 0 Å². The van der Waals surface area contributed by atoms with Crippen LogP contribution in [0.2, 0.25) is 0 Å². The molecule has 0 aromatic carbocycles. The van der Waals surface area contributed by atoms with Crippen LogP contribution in [0, 0.1) is 6.92 Å². The highest BCUT2D eigenvalue weighted by molar-refractivity contribution is 6.20. The highest BCUT2D eigenvalue weighted by Crippen LogP contribution is 2.27. The van der Waals surface area contributed by atoms with E-state index in [0.717, 1.165) is 23.6 Å². The van der Waals surface area contributed by atoms with E-state index in [1.54, 1.807) is 6.20 Å². The van der Waals surface area contributed by atoms with E-state index < -0.39 is 0 Å². The van der Waals surface area contributed by atoms with E-state index >= 15 is 0 Å². The van der Waals surface area contributed by atoms with Gasteiger partial charge in [0.15, 0.2) is 0 Å². The van der Waals surface area contributed by atoms with Crippen LogP contribution in [0.25, 0.3) is 0 Å². The molecule has 2 rings (SSSR count). The molecule has 3 heteroatoms. The molecule has 1 unspecified atom stereocenters. The highest BCUT2D eigenvalue weighted by Gasteiger charge is 2.14. The molecule has 0 saturated heterocycles. The van der Waals surface area contributed by atoms with Crippen molar-refractivity contribution in [1.82, 2.24) is 4.98 Å². The number of furan rings is 1. The van der Waals surface area contributed by atoms with Gasteiger partial charge in [0, 0.05) is 24.7 Å². The molecule has 0 aliphatic carbocycles. The first-order valence-corrected chi connectivity index (χ1v) is 6.27. The van der Waals surface area contributed by atoms with Gasteiger partial charge in [-0.1, -0.05) is 13.0 Å². The minimum atomic E-state index is -0.149. The van der Waals surface area contributed by atoms with E-state index in [9.17, 15) is 0 Å². The van der Waals surface area contributed by atoms with Crippen LogP contribution in [-0.4, -0.2) is 4.98 Å². The first-order valence-electron chi connectivity index (χ1n) is 5.84. The van der Waals surface area contributed by atoms with E-state index in [0.29, 0.717) is 6.42 Å². The van der Waals surface area contributed by atoms with Crippen molar-refractivity contribution in [2.24, 2.45) is 0 Å². The lowest BCUT2D eigenvalue weighted by Gasteiger charge is -2.08. The second kappa shape index (κ2) is 5.37. The molecule has 2 aromatic rings. The lowest BCUT2D eigenvalue weighted by Crippen LogP contribution is -1.99. The number of pyridine rings is 1. The predicted molar refractivity (Wildman–Crippen MR) is 69.4 cm³/mol. The van der Waals surface area contributed by atoms with Crippen molar-refractivity contribution in [1.29, 1.82) is 0 Å². The van der Waals surface area contributed by atoms with Crippen LogP contribution in [0.4, 0.5) is 0 Å². The smallest absolute Gasteiger partial charge is 0.122 e. The maximum atomic E-state index is 6.35. The van der Waals surface area contributed by atoms with Gasteiger partial charge in [0.05, 0.1) is 5.38 Å². The summed E-state index contributed by atoms with van der Waals surface area (Å²) in [6.07, 6.45) is 3.39. The van der Waals surface area contributed by atoms with E-state index in [1.165, 1.54) is 5.56 Å². The zero-order chi connectivity index (χ0) is 12.3. The topological polar surface area (TPSA) is 26.0 Å². The lowest BCUT2D eigenvalue weighted by molar-refractivity contribution is 0.463. The molecule has 0 aliphatic rings. The van der Waals surface area contributed by atoms with Crippen LogP contribution in [0.3, 0.4) is 0 Å². The quantitative estimate of drug-likeness (QED) is 0.764. The van der Waals surface area contributed by atoms with Crippen molar-refractivity contribution >= 4 is 11.6 Å². The Kier molecular flexibility index (Phi) is 3.85. The van der Waals surface area contributed by atoms with E-state index in [1.807, 2.05) is 31.2 Å². The van der Waals surface area contributed by atoms with Crippen LogP contribution < -0.4 is 0 Å². The molecule has 17 heavy (non-hydrogen) atoms. The summed E-state index contributed by atoms with van der Waals surface area (Å²) in [5.41, 5.74) is 2.20. The Morgan fingerprint density at radius 2 is 2.18 bits per heavy atom. The Labute approximate surface area is 107 Å². The monoisotopic (exact) mass is 249 g/mol. The Balaban J connectivity index is 2.11. The van der Waals surface area contributed by atoms with Gasteiger partial charge in [0.25, 0.3) is 0 Å². The zero-order valence-electron chi connectivity index (χ0n) is 10.1. The second-order valence-electron chi connectivity index (χ2n) is 4.10. The molecule has 0 spiro atoms. The third-order valence-corrected chi connectivity index (χ3v) is 3.20. The number of rotatable bonds is 4. The summed E-state index contributed by atoms with van der Waals surface area (Å²) in [4.78, 5) is 4.34. The number of aryl methyl sites for hydroxylation is 2. The van der Waals surface area contributed by atoms with E-state index in [4.69, 9.17) is 16.0 Å². The maximum Gasteiger partial charge on any atom is 0.122 e. The summed E-state index contributed by atoms with van der Waals surface area (Å²) in [5.74, 6) is 1.80. The number of halogens is 1. The SMILES string of the molecule is CCc1ccc(C(Cl)Cc2ncccc2C)o1. The molecule has 2 aromatic heterocycles. The first-order chi connectivity index (χ1) is 8.20. The Morgan fingerprint density at radius 3 is 2.82 bits per heavy atom. The summed E-state index contributed by atoms with van der Waals surface area (Å²) in [6.45, 7) is 4.11. The average molecular weight is 250 g/mol. The summed E-state index contributed by atoms with van der Waals surface area (Å²) in [5, 5.41) is -0.149. The van der Waals surface area contributed by atoms with Crippen molar-refractivity contribution in [2.45, 2.75) is 32.1 Å². The Morgan fingerprint density at radius 1 is 1.35 bits per heavy atom. The molecule has 90 valence electrons. The number of hydrogen-bond donors (Lipinski definition) is 0. The molecular weight excluding hydrogens is 234 g/mol. The molecule has 0 radical (unpaired) electrons. The van der Waals surface area contributed by atoms with Crippen LogP contribution in [0.15, 0.2) is 34.9 Å². The fraction of sp³-hybridized carbons (Fsp3) is 0.357. The fourth-order valence-corrected chi connectivity index (χ4v) is 2.02. The third-order valence-electron chi connectivity index (χ3n) is 2.83. The molecule has 2 nitrogen and oxygen atoms in total. The third kappa shape index (κ3) is 2.89. The lowest BCUT2D eigenvalue weighted by atomic mass is 10.1. The van der Waals surface area contributed by atoms with Gasteiger partial charge in [-0.25, -0.2) is 0 Å². The largest absolute Gasteiger partial charge is 0.465 e.